The maximum Gasteiger partial charge on any atom is 0.524 e. The van der Waals surface area contributed by atoms with Crippen LogP contribution in [0.1, 0.15) is 0 Å². The highest BCUT2D eigenvalue weighted by molar-refractivity contribution is 4.76. The number of nitrogens with one attached hydrogen (secondary N) is 1. The van der Waals surface area contributed by atoms with Crippen LogP contribution in [-0.4, -0.2) is 19.2 Å². The fraction of sp³-hybridized carbons (Fsp3) is 0.750. The van der Waals surface area contributed by atoms with Crippen LogP contribution in [0.5, 0.6) is 0 Å². The van der Waals surface area contributed by atoms with Gasteiger partial charge in [0.25, 0.3) is 0 Å². The number of hydrogen-bond acceptors (Lipinski definition) is 3. The minimum atomic E-state index is -4.61. The topological polar surface area (TPSA) is 30.5 Å². The van der Waals surface area contributed by atoms with Gasteiger partial charge in [0.1, 0.15) is 6.23 Å². The van der Waals surface area contributed by atoms with Crippen molar-refractivity contribution < 1.29 is 22.7 Å². The summed E-state index contributed by atoms with van der Waals surface area (Å²) in [5.74, 6) is 0. The van der Waals surface area contributed by atoms with Gasteiger partial charge in [0.2, 0.25) is 0 Å². The van der Waals surface area contributed by atoms with Crippen molar-refractivity contribution in [1.29, 1.82) is 0 Å². The van der Waals surface area contributed by atoms with Crippen LogP contribution in [0.25, 0.3) is 0 Å². The zero-order valence-electron chi connectivity index (χ0n) is 4.81. The summed E-state index contributed by atoms with van der Waals surface area (Å²) in [6, 6.07) is 0. The largest absolute Gasteiger partial charge is 0.524 e. The Hall–Kier alpha value is -0.330. The molecule has 1 fully saturated rings. The Kier molecular flexibility index (Phi) is 2.12. The van der Waals surface area contributed by atoms with Gasteiger partial charge in [-0.2, -0.15) is 5.48 Å². The van der Waals surface area contributed by atoms with E-state index in [2.05, 4.69) is 9.57 Å². The first-order chi connectivity index (χ1) is 4.58. The van der Waals surface area contributed by atoms with Gasteiger partial charge in [-0.3, -0.25) is 9.57 Å². The third kappa shape index (κ3) is 2.51. The van der Waals surface area contributed by atoms with Crippen molar-refractivity contribution in [1.82, 2.24) is 5.48 Å². The third-order valence-corrected chi connectivity index (χ3v) is 0.854. The molecule has 1 radical (unpaired) electrons. The molecular formula is C4H5F3NO2. The van der Waals surface area contributed by atoms with Crippen LogP contribution in [0.2, 0.25) is 0 Å². The molecule has 1 saturated heterocycles. The summed E-state index contributed by atoms with van der Waals surface area (Å²) >= 11 is 0. The summed E-state index contributed by atoms with van der Waals surface area (Å²) in [7, 11) is 0. The molecule has 1 N–H and O–H groups in total. The van der Waals surface area contributed by atoms with Crippen molar-refractivity contribution in [2.45, 2.75) is 12.6 Å². The number of ether oxygens (including phenoxy) is 1. The van der Waals surface area contributed by atoms with Crippen molar-refractivity contribution in [3.8, 4) is 0 Å². The molecule has 10 heavy (non-hydrogen) atoms. The van der Waals surface area contributed by atoms with E-state index in [1.165, 1.54) is 6.42 Å². The lowest BCUT2D eigenvalue weighted by molar-refractivity contribution is -0.344. The summed E-state index contributed by atoms with van der Waals surface area (Å²) in [6.07, 6.45) is -4.55. The fourth-order valence-corrected chi connectivity index (χ4v) is 0.530. The molecule has 1 aliphatic heterocycles. The third-order valence-electron chi connectivity index (χ3n) is 0.854. The predicted octanol–water partition coefficient (Wildman–Crippen LogP) is 0.588. The molecule has 0 bridgehead atoms. The molecule has 1 atom stereocenters. The number of alkyl halides is 3. The summed E-state index contributed by atoms with van der Waals surface area (Å²) in [4.78, 5) is 4.37. The molecule has 0 aliphatic carbocycles. The van der Waals surface area contributed by atoms with Gasteiger partial charge in [-0.05, 0) is 0 Å². The second kappa shape index (κ2) is 2.73. The Morgan fingerprint density at radius 3 is 2.70 bits per heavy atom. The van der Waals surface area contributed by atoms with E-state index in [-0.39, 0.29) is 6.61 Å². The highest BCUT2D eigenvalue weighted by Crippen LogP contribution is 2.20. The predicted molar refractivity (Wildman–Crippen MR) is 24.3 cm³/mol. The van der Waals surface area contributed by atoms with Crippen molar-refractivity contribution in [3.05, 3.63) is 6.42 Å². The van der Waals surface area contributed by atoms with Gasteiger partial charge in [-0.25, -0.2) is 0 Å². The van der Waals surface area contributed by atoms with Crippen LogP contribution in [0.15, 0.2) is 0 Å². The minimum Gasteiger partial charge on any atom is -0.299 e. The molecule has 0 aromatic carbocycles. The van der Waals surface area contributed by atoms with E-state index in [1.807, 2.05) is 5.48 Å². The van der Waals surface area contributed by atoms with E-state index >= 15 is 0 Å². The van der Waals surface area contributed by atoms with E-state index in [1.54, 1.807) is 0 Å². The molecule has 6 heteroatoms. The number of hydroxylamine groups is 1. The molecule has 0 spiro atoms. The maximum absolute atomic E-state index is 11.4. The first kappa shape index (κ1) is 7.77. The van der Waals surface area contributed by atoms with Crippen LogP contribution in [0.4, 0.5) is 13.2 Å². The van der Waals surface area contributed by atoms with Crippen molar-refractivity contribution in [2.24, 2.45) is 0 Å². The van der Waals surface area contributed by atoms with Crippen LogP contribution < -0.4 is 5.48 Å². The highest BCUT2D eigenvalue weighted by atomic mass is 19.4. The number of hydrogen-bond donors (Lipinski definition) is 1. The van der Waals surface area contributed by atoms with Gasteiger partial charge in [0, 0.05) is 6.42 Å². The summed E-state index contributed by atoms with van der Waals surface area (Å²) in [5, 5.41) is 0. The normalized spacial score (nSPS) is 27.3. The smallest absolute Gasteiger partial charge is 0.299 e. The van der Waals surface area contributed by atoms with Crippen molar-refractivity contribution >= 4 is 0 Å². The Morgan fingerprint density at radius 1 is 1.60 bits per heavy atom. The zero-order chi connectivity index (χ0) is 7.61. The van der Waals surface area contributed by atoms with Crippen LogP contribution >= 0.6 is 0 Å². The van der Waals surface area contributed by atoms with Gasteiger partial charge < -0.3 is 0 Å². The van der Waals surface area contributed by atoms with E-state index in [0.29, 0.717) is 0 Å². The Labute approximate surface area is 55.1 Å². The molecular weight excluding hydrogens is 151 g/mol. The van der Waals surface area contributed by atoms with Gasteiger partial charge in [0.15, 0.2) is 0 Å². The lowest BCUT2D eigenvalue weighted by atomic mass is 10.4. The van der Waals surface area contributed by atoms with E-state index in [4.69, 9.17) is 0 Å². The molecule has 1 aliphatic rings. The first-order valence-corrected chi connectivity index (χ1v) is 2.53. The lowest BCUT2D eigenvalue weighted by Gasteiger charge is -2.11. The molecule has 1 unspecified atom stereocenters. The van der Waals surface area contributed by atoms with Gasteiger partial charge in [-0.15, -0.1) is 13.2 Å². The minimum absolute atomic E-state index is 0.126. The molecule has 0 amide bonds. The molecule has 0 aromatic heterocycles. The Bertz CT molecular complexity index is 110. The Morgan fingerprint density at radius 2 is 2.30 bits per heavy atom. The molecule has 3 nitrogen and oxygen atoms in total. The average Bonchev–Trinajstić information content (AvgIpc) is 2.12. The quantitative estimate of drug-likeness (QED) is 0.602. The van der Waals surface area contributed by atoms with E-state index in [9.17, 15) is 13.2 Å². The lowest BCUT2D eigenvalue weighted by Crippen LogP contribution is -2.30. The second-order valence-electron chi connectivity index (χ2n) is 1.65. The molecule has 0 aromatic rings. The first-order valence-electron chi connectivity index (χ1n) is 2.53. The van der Waals surface area contributed by atoms with Crippen molar-refractivity contribution in [3.63, 3.8) is 0 Å². The SMILES string of the molecule is FC(F)(F)OC1[CH]CON1. The summed E-state index contributed by atoms with van der Waals surface area (Å²) in [5.41, 5.74) is 2.02. The standard InChI is InChI=1S/C4H5F3NO2/c5-4(6,7)10-3-1-2-9-8-3/h1,3,8H,2H2. The number of rotatable bonds is 1. The zero-order valence-corrected chi connectivity index (χ0v) is 4.81. The molecule has 59 valence electrons. The Balaban J connectivity index is 2.24. The molecule has 1 heterocycles. The molecule has 0 saturated carbocycles. The van der Waals surface area contributed by atoms with E-state index < -0.39 is 12.6 Å². The van der Waals surface area contributed by atoms with Crippen molar-refractivity contribution in [2.75, 3.05) is 6.61 Å². The highest BCUT2D eigenvalue weighted by Gasteiger charge is 2.35. The van der Waals surface area contributed by atoms with Crippen LogP contribution in [0.3, 0.4) is 0 Å². The van der Waals surface area contributed by atoms with Gasteiger partial charge >= 0.3 is 6.36 Å². The fourth-order valence-electron chi connectivity index (χ4n) is 0.530. The number of halogens is 3. The van der Waals surface area contributed by atoms with Gasteiger partial charge in [-0.1, -0.05) is 0 Å². The molecule has 1 rings (SSSR count). The van der Waals surface area contributed by atoms with E-state index in [0.717, 1.165) is 0 Å². The maximum atomic E-state index is 11.4. The second-order valence-corrected chi connectivity index (χ2v) is 1.65. The summed E-state index contributed by atoms with van der Waals surface area (Å²) in [6.45, 7) is 0.126. The monoisotopic (exact) mass is 156 g/mol. The average molecular weight is 156 g/mol. The van der Waals surface area contributed by atoms with Gasteiger partial charge in [0.05, 0.1) is 6.61 Å². The van der Waals surface area contributed by atoms with Crippen LogP contribution in [-0.2, 0) is 9.57 Å². The van der Waals surface area contributed by atoms with Crippen LogP contribution in [0, 0.1) is 6.42 Å². The summed E-state index contributed by atoms with van der Waals surface area (Å²) < 4.78 is 37.6.